The fourth-order valence-corrected chi connectivity index (χ4v) is 2.65. The number of hydrogen-bond acceptors (Lipinski definition) is 7. The van der Waals surface area contributed by atoms with Crippen LogP contribution in [0, 0.1) is 11.3 Å². The number of benzene rings is 1. The predicted octanol–water partition coefficient (Wildman–Crippen LogP) is 1.19. The molecule has 2 aromatic rings. The highest BCUT2D eigenvalue weighted by molar-refractivity contribution is 5.58. The topological polar surface area (TPSA) is 137 Å². The molecule has 0 spiro atoms. The van der Waals surface area contributed by atoms with Crippen molar-refractivity contribution >= 4 is 0 Å². The number of aromatic nitrogens is 2. The molecule has 1 aliphatic rings. The molecule has 5 N–H and O–H groups in total. The Morgan fingerprint density at radius 2 is 2.26 bits per heavy atom. The highest BCUT2D eigenvalue weighted by atomic mass is 16.5. The van der Waals surface area contributed by atoms with Crippen LogP contribution in [-0.4, -0.2) is 27.5 Å². The largest absolute Gasteiger partial charge is 0.508 e. The molecule has 1 unspecified atom stereocenters. The van der Waals surface area contributed by atoms with E-state index in [1.165, 1.54) is 25.3 Å². The normalized spacial score (nSPS) is 16.6. The third-order valence-electron chi connectivity index (χ3n) is 3.63. The number of phenols is 2. The van der Waals surface area contributed by atoms with Crippen LogP contribution in [0.5, 0.6) is 17.4 Å². The van der Waals surface area contributed by atoms with Gasteiger partial charge in [-0.3, -0.25) is 5.10 Å². The molecule has 1 atom stereocenters. The predicted molar refractivity (Wildman–Crippen MR) is 78.4 cm³/mol. The first-order valence-corrected chi connectivity index (χ1v) is 6.72. The highest BCUT2D eigenvalue weighted by Gasteiger charge is 2.36. The molecule has 0 amide bonds. The van der Waals surface area contributed by atoms with Crippen LogP contribution in [0.1, 0.15) is 22.7 Å². The molecule has 118 valence electrons. The van der Waals surface area contributed by atoms with Crippen molar-refractivity contribution in [2.75, 3.05) is 7.11 Å². The lowest BCUT2D eigenvalue weighted by molar-refractivity contribution is 0.180. The number of aromatic hydroxyl groups is 2. The van der Waals surface area contributed by atoms with Crippen LogP contribution in [0.15, 0.2) is 29.7 Å². The lowest BCUT2D eigenvalue weighted by Gasteiger charge is -2.24. The fourth-order valence-electron chi connectivity index (χ4n) is 2.65. The zero-order valence-corrected chi connectivity index (χ0v) is 12.2. The molecule has 0 fully saturated rings. The van der Waals surface area contributed by atoms with Gasteiger partial charge in [-0.1, -0.05) is 6.07 Å². The molecule has 1 aromatic carbocycles. The van der Waals surface area contributed by atoms with Crippen molar-refractivity contribution in [3.05, 3.63) is 46.5 Å². The summed E-state index contributed by atoms with van der Waals surface area (Å²) in [6.07, 6.45) is 0. The van der Waals surface area contributed by atoms with Crippen molar-refractivity contribution in [3.63, 3.8) is 0 Å². The lowest BCUT2D eigenvalue weighted by Crippen LogP contribution is -2.21. The van der Waals surface area contributed by atoms with Gasteiger partial charge in [-0.25, -0.2) is 0 Å². The van der Waals surface area contributed by atoms with E-state index in [0.29, 0.717) is 16.8 Å². The molecule has 0 bridgehead atoms. The summed E-state index contributed by atoms with van der Waals surface area (Å²) in [5.74, 6) is -0.765. The van der Waals surface area contributed by atoms with E-state index in [1.54, 1.807) is 0 Å². The van der Waals surface area contributed by atoms with E-state index < -0.39 is 5.92 Å². The number of fused-ring (bicyclic) bond motifs is 1. The Hall–Kier alpha value is -3.18. The van der Waals surface area contributed by atoms with E-state index in [0.717, 1.165) is 0 Å². The Bertz CT molecular complexity index is 834. The second-order valence-electron chi connectivity index (χ2n) is 5.02. The number of aromatic amines is 1. The Morgan fingerprint density at radius 3 is 2.91 bits per heavy atom. The SMILES string of the molecule is COCc1[nH]nc2c1C(c1ccc(O)cc1O)C(C#N)=C(N)O2. The maximum Gasteiger partial charge on any atom is 0.244 e. The summed E-state index contributed by atoms with van der Waals surface area (Å²) in [7, 11) is 1.53. The van der Waals surface area contributed by atoms with Gasteiger partial charge in [-0.2, -0.15) is 5.26 Å². The van der Waals surface area contributed by atoms with Crippen molar-refractivity contribution in [1.82, 2.24) is 10.2 Å². The van der Waals surface area contributed by atoms with E-state index in [1.807, 2.05) is 6.07 Å². The quantitative estimate of drug-likeness (QED) is 0.667. The minimum absolute atomic E-state index is 0.0760. The van der Waals surface area contributed by atoms with Crippen LogP contribution < -0.4 is 10.5 Å². The number of methoxy groups -OCH3 is 1. The van der Waals surface area contributed by atoms with Gasteiger partial charge in [0.15, 0.2) is 0 Å². The number of hydrogen-bond donors (Lipinski definition) is 4. The molecular weight excluding hydrogens is 300 g/mol. The standard InChI is InChI=1S/C15H14N4O4/c1-22-6-10-13-12(8-3-2-7(20)4-11(8)21)9(5-16)14(17)23-15(13)19-18-10/h2-4,12,20-21H,6,17H2,1H3,(H,18,19). The average Bonchev–Trinajstić information content (AvgIpc) is 2.89. The molecule has 8 nitrogen and oxygen atoms in total. The van der Waals surface area contributed by atoms with Crippen molar-refractivity contribution < 1.29 is 19.7 Å². The number of H-pyrrole nitrogens is 1. The summed E-state index contributed by atoms with van der Waals surface area (Å²) in [6, 6.07) is 6.17. The molecule has 23 heavy (non-hydrogen) atoms. The average molecular weight is 314 g/mol. The maximum absolute atomic E-state index is 10.2. The van der Waals surface area contributed by atoms with Crippen molar-refractivity contribution in [2.45, 2.75) is 12.5 Å². The number of phenolic OH excluding ortho intramolecular Hbond substituents is 2. The summed E-state index contributed by atoms with van der Waals surface area (Å²) in [4.78, 5) is 0. The van der Waals surface area contributed by atoms with Gasteiger partial charge in [0.25, 0.3) is 0 Å². The summed E-state index contributed by atoms with van der Waals surface area (Å²) < 4.78 is 10.5. The number of ether oxygens (including phenoxy) is 2. The molecule has 0 radical (unpaired) electrons. The second-order valence-corrected chi connectivity index (χ2v) is 5.02. The smallest absolute Gasteiger partial charge is 0.244 e. The zero-order valence-electron chi connectivity index (χ0n) is 12.2. The Labute approximate surface area is 131 Å². The van der Waals surface area contributed by atoms with Gasteiger partial charge >= 0.3 is 0 Å². The summed E-state index contributed by atoms with van der Waals surface area (Å²) in [5, 5.41) is 36.0. The number of nitrogens with one attached hydrogen (secondary N) is 1. The zero-order chi connectivity index (χ0) is 16.6. The van der Waals surface area contributed by atoms with Crippen LogP contribution in [-0.2, 0) is 11.3 Å². The maximum atomic E-state index is 10.2. The molecule has 8 heteroatoms. The first-order chi connectivity index (χ1) is 11.1. The van der Waals surface area contributed by atoms with Gasteiger partial charge in [0, 0.05) is 18.7 Å². The first kappa shape index (κ1) is 14.7. The van der Waals surface area contributed by atoms with Crippen LogP contribution in [0.4, 0.5) is 0 Å². The van der Waals surface area contributed by atoms with E-state index >= 15 is 0 Å². The lowest BCUT2D eigenvalue weighted by atomic mass is 9.83. The Kier molecular flexibility index (Phi) is 3.56. The molecule has 2 heterocycles. The Morgan fingerprint density at radius 1 is 1.48 bits per heavy atom. The molecule has 3 rings (SSSR count). The van der Waals surface area contributed by atoms with Crippen molar-refractivity contribution in [3.8, 4) is 23.4 Å². The number of allylic oxidation sites excluding steroid dienone is 1. The summed E-state index contributed by atoms with van der Waals surface area (Å²) >= 11 is 0. The molecule has 0 saturated carbocycles. The van der Waals surface area contributed by atoms with Crippen molar-refractivity contribution in [1.29, 1.82) is 5.26 Å². The summed E-state index contributed by atoms with van der Waals surface area (Å²) in [5.41, 5.74) is 7.55. The molecule has 0 aliphatic carbocycles. The number of nitriles is 1. The number of rotatable bonds is 3. The van der Waals surface area contributed by atoms with Crippen LogP contribution in [0.3, 0.4) is 0 Å². The van der Waals surface area contributed by atoms with Crippen molar-refractivity contribution in [2.24, 2.45) is 5.73 Å². The molecule has 0 saturated heterocycles. The fraction of sp³-hybridized carbons (Fsp3) is 0.200. The van der Waals surface area contributed by atoms with Gasteiger partial charge < -0.3 is 25.4 Å². The second kappa shape index (κ2) is 5.55. The van der Waals surface area contributed by atoms with Crippen LogP contribution in [0.25, 0.3) is 0 Å². The van der Waals surface area contributed by atoms with E-state index in [2.05, 4.69) is 10.2 Å². The minimum Gasteiger partial charge on any atom is -0.508 e. The summed E-state index contributed by atoms with van der Waals surface area (Å²) in [6.45, 7) is 0.222. The minimum atomic E-state index is -0.673. The van der Waals surface area contributed by atoms with Crippen LogP contribution >= 0.6 is 0 Å². The number of nitrogens with two attached hydrogens (primary N) is 1. The first-order valence-electron chi connectivity index (χ1n) is 6.72. The van der Waals surface area contributed by atoms with Gasteiger partial charge in [0.1, 0.15) is 23.1 Å². The van der Waals surface area contributed by atoms with Crippen LogP contribution in [0.2, 0.25) is 0 Å². The van der Waals surface area contributed by atoms with E-state index in [9.17, 15) is 15.5 Å². The molecular formula is C15H14N4O4. The highest BCUT2D eigenvalue weighted by Crippen LogP contribution is 2.45. The third kappa shape index (κ3) is 2.33. The van der Waals surface area contributed by atoms with E-state index in [4.69, 9.17) is 15.2 Å². The number of nitrogens with zero attached hydrogens (tertiary/aromatic N) is 2. The monoisotopic (exact) mass is 314 g/mol. The third-order valence-corrected chi connectivity index (χ3v) is 3.63. The Balaban J connectivity index is 2.24. The van der Waals surface area contributed by atoms with Gasteiger partial charge in [0.05, 0.1) is 23.8 Å². The van der Waals surface area contributed by atoms with Gasteiger partial charge in [-0.15, -0.1) is 5.10 Å². The molecule has 1 aliphatic heterocycles. The molecule has 1 aromatic heterocycles. The van der Waals surface area contributed by atoms with E-state index in [-0.39, 0.29) is 35.4 Å². The van der Waals surface area contributed by atoms with Gasteiger partial charge in [0.2, 0.25) is 11.8 Å². The van der Waals surface area contributed by atoms with Gasteiger partial charge in [-0.05, 0) is 6.07 Å².